The van der Waals surface area contributed by atoms with E-state index in [0.29, 0.717) is 5.69 Å². The highest BCUT2D eigenvalue weighted by molar-refractivity contribution is 7.98. The lowest BCUT2D eigenvalue weighted by Gasteiger charge is -2.04. The Kier molecular flexibility index (Phi) is 3.14. The molecule has 0 aliphatic heterocycles. The summed E-state index contributed by atoms with van der Waals surface area (Å²) in [5.74, 6) is -0.403. The van der Waals surface area contributed by atoms with Crippen LogP contribution in [0.15, 0.2) is 29.3 Å². The number of methoxy groups -OCH3 is 1. The van der Waals surface area contributed by atoms with E-state index in [2.05, 4.69) is 28.2 Å². The number of hydrogen-bond acceptors (Lipinski definition) is 4. The number of carbonyl (C=O) groups is 1. The second-order valence-corrected chi connectivity index (χ2v) is 5.43. The number of thioether (sulfide) groups is 1. The van der Waals surface area contributed by atoms with E-state index in [9.17, 15) is 4.79 Å². The molecule has 0 spiro atoms. The van der Waals surface area contributed by atoms with Gasteiger partial charge in [0.25, 0.3) is 0 Å². The van der Waals surface area contributed by atoms with Gasteiger partial charge in [0, 0.05) is 21.2 Å². The topological polar surface area (TPSA) is 55.0 Å². The maximum atomic E-state index is 11.8. The van der Waals surface area contributed by atoms with Crippen molar-refractivity contribution >= 4 is 39.5 Å². The number of aromatic amines is 1. The van der Waals surface area contributed by atoms with Crippen molar-refractivity contribution in [1.29, 1.82) is 0 Å². The number of H-pyrrole nitrogens is 1. The van der Waals surface area contributed by atoms with Crippen LogP contribution in [0.1, 0.15) is 16.1 Å². The van der Waals surface area contributed by atoms with Gasteiger partial charge in [-0.3, -0.25) is 0 Å². The summed E-state index contributed by atoms with van der Waals surface area (Å²) >= 11 is 1.70. The van der Waals surface area contributed by atoms with Crippen molar-refractivity contribution in [3.05, 3.63) is 35.7 Å². The summed E-state index contributed by atoms with van der Waals surface area (Å²) in [7, 11) is 1.37. The number of benzene rings is 1. The van der Waals surface area contributed by atoms with Crippen molar-refractivity contribution in [2.24, 2.45) is 0 Å². The molecule has 20 heavy (non-hydrogen) atoms. The zero-order valence-electron chi connectivity index (χ0n) is 11.5. The van der Waals surface area contributed by atoms with E-state index in [0.717, 1.165) is 27.4 Å². The van der Waals surface area contributed by atoms with Crippen LogP contribution in [0.5, 0.6) is 0 Å². The van der Waals surface area contributed by atoms with Crippen LogP contribution in [0.4, 0.5) is 0 Å². The van der Waals surface area contributed by atoms with Crippen molar-refractivity contribution in [3.63, 3.8) is 0 Å². The van der Waals surface area contributed by atoms with Gasteiger partial charge < -0.3 is 9.72 Å². The van der Waals surface area contributed by atoms with Crippen LogP contribution in [-0.4, -0.2) is 29.3 Å². The van der Waals surface area contributed by atoms with E-state index < -0.39 is 5.97 Å². The first-order valence-corrected chi connectivity index (χ1v) is 7.41. The Bertz CT molecular complexity index is 823. The molecular formula is C15H14N2O2S. The van der Waals surface area contributed by atoms with E-state index in [4.69, 9.17) is 4.74 Å². The van der Waals surface area contributed by atoms with Gasteiger partial charge in [0.1, 0.15) is 0 Å². The van der Waals surface area contributed by atoms with Gasteiger partial charge in [-0.15, -0.1) is 11.8 Å². The van der Waals surface area contributed by atoms with Crippen molar-refractivity contribution in [2.45, 2.75) is 11.8 Å². The van der Waals surface area contributed by atoms with Crippen LogP contribution < -0.4 is 0 Å². The summed E-state index contributed by atoms with van der Waals surface area (Å²) in [5, 5.41) is 2.14. The Morgan fingerprint density at radius 1 is 1.35 bits per heavy atom. The molecule has 0 radical (unpaired) electrons. The third kappa shape index (κ3) is 1.86. The SMILES string of the molecule is COC(=O)c1ncc2[nH]c3ccc(SC)cc3c2c1C. The Morgan fingerprint density at radius 2 is 2.15 bits per heavy atom. The van der Waals surface area contributed by atoms with Crippen molar-refractivity contribution < 1.29 is 9.53 Å². The lowest BCUT2D eigenvalue weighted by molar-refractivity contribution is 0.0593. The molecule has 0 saturated heterocycles. The van der Waals surface area contributed by atoms with Crippen LogP contribution in [0.3, 0.4) is 0 Å². The molecule has 102 valence electrons. The lowest BCUT2D eigenvalue weighted by Crippen LogP contribution is -2.06. The number of carbonyl (C=O) groups excluding carboxylic acids is 1. The van der Waals surface area contributed by atoms with Gasteiger partial charge >= 0.3 is 5.97 Å². The number of nitrogens with zero attached hydrogens (tertiary/aromatic N) is 1. The number of pyridine rings is 1. The minimum atomic E-state index is -0.403. The third-order valence-electron chi connectivity index (χ3n) is 3.47. The molecule has 0 fully saturated rings. The van der Waals surface area contributed by atoms with Crippen LogP contribution >= 0.6 is 11.8 Å². The molecule has 0 aliphatic rings. The predicted octanol–water partition coefficient (Wildman–Crippen LogP) is 3.53. The predicted molar refractivity (Wildman–Crippen MR) is 81.5 cm³/mol. The molecule has 3 rings (SSSR count). The van der Waals surface area contributed by atoms with Gasteiger partial charge in [-0.1, -0.05) is 0 Å². The molecule has 5 heteroatoms. The average molecular weight is 286 g/mol. The zero-order chi connectivity index (χ0) is 14.3. The number of ether oxygens (including phenoxy) is 1. The van der Waals surface area contributed by atoms with E-state index in [1.54, 1.807) is 18.0 Å². The monoisotopic (exact) mass is 286 g/mol. The minimum absolute atomic E-state index is 0.371. The summed E-state index contributed by atoms with van der Waals surface area (Å²) < 4.78 is 4.78. The molecule has 0 unspecified atom stereocenters. The fraction of sp³-hybridized carbons (Fsp3) is 0.200. The smallest absolute Gasteiger partial charge is 0.356 e. The largest absolute Gasteiger partial charge is 0.464 e. The summed E-state index contributed by atoms with van der Waals surface area (Å²) in [5.41, 5.74) is 3.20. The minimum Gasteiger partial charge on any atom is -0.464 e. The molecule has 0 aliphatic carbocycles. The fourth-order valence-electron chi connectivity index (χ4n) is 2.47. The number of fused-ring (bicyclic) bond motifs is 3. The standard InChI is InChI=1S/C15H14N2O2S/c1-8-13-10-6-9(20-3)4-5-11(10)17-12(13)7-16-14(8)15(18)19-2/h4-7,17H,1-3H3. The van der Waals surface area contributed by atoms with E-state index in [-0.39, 0.29) is 0 Å². The number of aromatic nitrogens is 2. The van der Waals surface area contributed by atoms with Gasteiger partial charge in [-0.05, 0) is 36.9 Å². The molecule has 2 aromatic heterocycles. The second kappa shape index (κ2) is 4.83. The van der Waals surface area contributed by atoms with Gasteiger partial charge in [-0.2, -0.15) is 0 Å². The highest BCUT2D eigenvalue weighted by Crippen LogP contribution is 2.31. The highest BCUT2D eigenvalue weighted by Gasteiger charge is 2.16. The number of rotatable bonds is 2. The van der Waals surface area contributed by atoms with Crippen LogP contribution in [0, 0.1) is 6.92 Å². The number of aryl methyl sites for hydroxylation is 1. The summed E-state index contributed by atoms with van der Waals surface area (Å²) in [6.45, 7) is 1.90. The highest BCUT2D eigenvalue weighted by atomic mass is 32.2. The molecular weight excluding hydrogens is 272 g/mol. The first-order chi connectivity index (χ1) is 9.65. The first-order valence-electron chi connectivity index (χ1n) is 6.19. The first kappa shape index (κ1) is 13.0. The number of esters is 1. The zero-order valence-corrected chi connectivity index (χ0v) is 12.3. The van der Waals surface area contributed by atoms with Gasteiger partial charge in [0.15, 0.2) is 5.69 Å². The summed E-state index contributed by atoms with van der Waals surface area (Å²) in [6.07, 6.45) is 3.73. The molecule has 0 saturated carbocycles. The average Bonchev–Trinajstić information content (AvgIpc) is 2.85. The number of nitrogens with one attached hydrogen (secondary N) is 1. The van der Waals surface area contributed by atoms with E-state index >= 15 is 0 Å². The number of hydrogen-bond donors (Lipinski definition) is 1. The molecule has 2 heterocycles. The van der Waals surface area contributed by atoms with Crippen LogP contribution in [0.25, 0.3) is 21.8 Å². The molecule has 0 amide bonds. The molecule has 3 aromatic rings. The Labute approximate surface area is 120 Å². The lowest BCUT2D eigenvalue weighted by atomic mass is 10.1. The normalized spacial score (nSPS) is 11.2. The van der Waals surface area contributed by atoms with Crippen molar-refractivity contribution in [3.8, 4) is 0 Å². The maximum Gasteiger partial charge on any atom is 0.356 e. The fourth-order valence-corrected chi connectivity index (χ4v) is 2.91. The molecule has 1 N–H and O–H groups in total. The summed E-state index contributed by atoms with van der Waals surface area (Å²) in [4.78, 5) is 20.5. The third-order valence-corrected chi connectivity index (χ3v) is 4.19. The molecule has 1 aromatic carbocycles. The molecule has 4 nitrogen and oxygen atoms in total. The Balaban J connectivity index is 2.39. The van der Waals surface area contributed by atoms with Gasteiger partial charge in [-0.25, -0.2) is 9.78 Å². The van der Waals surface area contributed by atoms with E-state index in [1.807, 2.05) is 13.2 Å². The van der Waals surface area contributed by atoms with E-state index in [1.165, 1.54) is 12.0 Å². The summed E-state index contributed by atoms with van der Waals surface area (Å²) in [6, 6.07) is 6.26. The Hall–Kier alpha value is -2.01. The van der Waals surface area contributed by atoms with Crippen molar-refractivity contribution in [2.75, 3.05) is 13.4 Å². The van der Waals surface area contributed by atoms with Crippen molar-refractivity contribution in [1.82, 2.24) is 9.97 Å². The second-order valence-electron chi connectivity index (χ2n) is 4.55. The van der Waals surface area contributed by atoms with Gasteiger partial charge in [0.2, 0.25) is 0 Å². The maximum absolute atomic E-state index is 11.8. The molecule has 0 atom stereocenters. The Morgan fingerprint density at radius 3 is 2.85 bits per heavy atom. The van der Waals surface area contributed by atoms with Gasteiger partial charge in [0.05, 0.1) is 18.8 Å². The van der Waals surface area contributed by atoms with Crippen LogP contribution in [-0.2, 0) is 4.74 Å². The molecule has 0 bridgehead atoms. The van der Waals surface area contributed by atoms with Crippen LogP contribution in [0.2, 0.25) is 0 Å². The quantitative estimate of drug-likeness (QED) is 0.578.